The van der Waals surface area contributed by atoms with Gasteiger partial charge in [0.15, 0.2) is 17.0 Å². The number of benzene rings is 4. The van der Waals surface area contributed by atoms with Crippen molar-refractivity contribution in [3.63, 3.8) is 0 Å². The van der Waals surface area contributed by atoms with Crippen LogP contribution >= 0.6 is 8.53 Å². The number of carbonyl (C=O) groups is 1. The van der Waals surface area contributed by atoms with Gasteiger partial charge in [0.25, 0.3) is 14.4 Å². The van der Waals surface area contributed by atoms with E-state index in [1.165, 1.54) is 6.33 Å². The molecule has 58 heavy (non-hydrogen) atoms. The maximum atomic E-state index is 13.2. The molecule has 1 aliphatic rings. The number of carbonyl (C=O) groups excluding carboxylic acids is 1. The third-order valence-electron chi connectivity index (χ3n) is 10.3. The van der Waals surface area contributed by atoms with Crippen LogP contribution in [0, 0.1) is 0 Å². The Morgan fingerprint density at radius 2 is 1.41 bits per heavy atom. The van der Waals surface area contributed by atoms with Crippen LogP contribution in [-0.2, 0) is 19.3 Å². The van der Waals surface area contributed by atoms with Gasteiger partial charge < -0.3 is 24.8 Å². The molecule has 6 aromatic rings. The van der Waals surface area contributed by atoms with Gasteiger partial charge in [-0.15, -0.1) is 0 Å². The Bertz CT molecular complexity index is 2090. The fourth-order valence-electron chi connectivity index (χ4n) is 7.73. The zero-order valence-electron chi connectivity index (χ0n) is 33.5. The van der Waals surface area contributed by atoms with Crippen LogP contribution in [0.2, 0.25) is 0 Å². The standard InChI is InChI=1S/C45H53N8O4P/c1-32(2)53(33(3)4)58(55-27-17-26-46)56-29-39-38(51-45(35-20-11-6-12-21-35,36-22-13-7-14-23-36)37-24-15-8-16-25-37)28-40(57-39)52-31-49-41-42(47-30-48-43(41)52)50-44(54)34-18-9-5-10-19-34/h5-16,18-25,30-33,38-40,51H,17,26-29,46H2,1-4H3,(H,47,48,50,54). The van der Waals surface area contributed by atoms with Crippen LogP contribution in [0.25, 0.3) is 11.2 Å². The van der Waals surface area contributed by atoms with Gasteiger partial charge in [0.1, 0.15) is 12.6 Å². The van der Waals surface area contributed by atoms with Crippen molar-refractivity contribution in [2.24, 2.45) is 5.73 Å². The average Bonchev–Trinajstić information content (AvgIpc) is 3.87. The normalized spacial score (nSPS) is 17.7. The highest BCUT2D eigenvalue weighted by atomic mass is 31.2. The molecule has 0 saturated carbocycles. The fourth-order valence-corrected chi connectivity index (χ4v) is 9.39. The minimum Gasteiger partial charge on any atom is -0.351 e. The Kier molecular flexibility index (Phi) is 13.7. The van der Waals surface area contributed by atoms with E-state index in [0.29, 0.717) is 42.1 Å². The quantitative estimate of drug-likeness (QED) is 0.0444. The Hall–Kier alpha value is -4.91. The van der Waals surface area contributed by atoms with Crippen molar-refractivity contribution in [1.82, 2.24) is 29.5 Å². The number of amides is 1. The summed E-state index contributed by atoms with van der Waals surface area (Å²) >= 11 is 0. The van der Waals surface area contributed by atoms with E-state index in [0.717, 1.165) is 23.1 Å². The van der Waals surface area contributed by atoms with Crippen LogP contribution in [-0.4, -0.2) is 74.1 Å². The maximum absolute atomic E-state index is 13.2. The van der Waals surface area contributed by atoms with Crippen molar-refractivity contribution in [3.8, 4) is 0 Å². The molecule has 0 spiro atoms. The second-order valence-electron chi connectivity index (χ2n) is 14.9. The highest BCUT2D eigenvalue weighted by molar-refractivity contribution is 7.44. The molecule has 0 radical (unpaired) electrons. The van der Waals surface area contributed by atoms with Crippen LogP contribution < -0.4 is 16.4 Å². The van der Waals surface area contributed by atoms with Crippen LogP contribution in [0.15, 0.2) is 134 Å². The summed E-state index contributed by atoms with van der Waals surface area (Å²) in [6.07, 6.45) is 3.52. The van der Waals surface area contributed by atoms with Gasteiger partial charge in [-0.2, -0.15) is 0 Å². The van der Waals surface area contributed by atoms with Crippen molar-refractivity contribution in [2.45, 2.75) is 76.5 Å². The lowest BCUT2D eigenvalue weighted by Crippen LogP contribution is -2.53. The van der Waals surface area contributed by atoms with Crippen molar-refractivity contribution in [3.05, 3.63) is 156 Å². The summed E-state index contributed by atoms with van der Waals surface area (Å²) in [5.74, 6) is 0.0407. The van der Waals surface area contributed by atoms with Crippen molar-refractivity contribution >= 4 is 31.4 Å². The SMILES string of the molecule is CC(C)N(C(C)C)P(OCCCN)OCC1OC(n2cnc3c(NC(=O)c4ccccc4)ncnc32)CC1NC(c1ccccc1)(c1ccccc1)c1ccccc1. The number of fused-ring (bicyclic) bond motifs is 1. The number of nitrogens with one attached hydrogen (secondary N) is 2. The second-order valence-corrected chi connectivity index (χ2v) is 16.4. The molecular weight excluding hydrogens is 748 g/mol. The highest BCUT2D eigenvalue weighted by Gasteiger charge is 2.45. The molecular formula is C45H53N8O4P. The maximum Gasteiger partial charge on any atom is 0.259 e. The van der Waals surface area contributed by atoms with E-state index in [2.05, 4.69) is 126 Å². The zero-order valence-corrected chi connectivity index (χ0v) is 34.4. The van der Waals surface area contributed by atoms with Crippen LogP contribution in [0.1, 0.15) is 73.8 Å². The summed E-state index contributed by atoms with van der Waals surface area (Å²) in [6.45, 7) is 9.93. The number of anilines is 1. The third kappa shape index (κ3) is 9.04. The Morgan fingerprint density at radius 1 is 0.845 bits per heavy atom. The summed E-state index contributed by atoms with van der Waals surface area (Å²) in [6, 6.07) is 40.8. The van der Waals surface area contributed by atoms with Gasteiger partial charge in [0.2, 0.25) is 0 Å². The molecule has 1 saturated heterocycles. The number of nitrogens with two attached hydrogens (primary N) is 1. The summed E-state index contributed by atoms with van der Waals surface area (Å²) in [7, 11) is -1.44. The van der Waals surface area contributed by atoms with E-state index in [4.69, 9.17) is 24.5 Å². The summed E-state index contributed by atoms with van der Waals surface area (Å²) in [5.41, 5.74) is 9.91. The molecule has 1 aliphatic heterocycles. The van der Waals surface area contributed by atoms with Gasteiger partial charge in [0, 0.05) is 30.1 Å². The van der Waals surface area contributed by atoms with Gasteiger partial charge in [-0.05, 0) is 69.5 Å². The predicted molar refractivity (Wildman–Crippen MR) is 229 cm³/mol. The molecule has 1 amide bonds. The van der Waals surface area contributed by atoms with Gasteiger partial charge in [0.05, 0.1) is 31.2 Å². The van der Waals surface area contributed by atoms with Crippen LogP contribution in [0.4, 0.5) is 5.82 Å². The van der Waals surface area contributed by atoms with Crippen molar-refractivity contribution in [2.75, 3.05) is 25.1 Å². The number of nitrogens with zero attached hydrogens (tertiary/aromatic N) is 5. The summed E-state index contributed by atoms with van der Waals surface area (Å²) in [4.78, 5) is 26.9. The van der Waals surface area contributed by atoms with E-state index in [-0.39, 0.29) is 30.6 Å². The van der Waals surface area contributed by atoms with Crippen molar-refractivity contribution in [1.29, 1.82) is 0 Å². The molecule has 4 N–H and O–H groups in total. The smallest absolute Gasteiger partial charge is 0.259 e. The lowest BCUT2D eigenvalue weighted by molar-refractivity contribution is -0.0243. The molecule has 4 aromatic carbocycles. The summed E-state index contributed by atoms with van der Waals surface area (Å²) < 4.78 is 24.6. The van der Waals surface area contributed by atoms with E-state index in [1.54, 1.807) is 18.5 Å². The molecule has 3 heterocycles. The minimum absolute atomic E-state index is 0.186. The molecule has 302 valence electrons. The fraction of sp³-hybridized carbons (Fsp3) is 0.333. The third-order valence-corrected chi connectivity index (χ3v) is 12.4. The first-order valence-corrected chi connectivity index (χ1v) is 21.1. The molecule has 13 heteroatoms. The van der Waals surface area contributed by atoms with Crippen LogP contribution in [0.3, 0.4) is 0 Å². The number of aromatic nitrogens is 4. The lowest BCUT2D eigenvalue weighted by atomic mass is 9.76. The van der Waals surface area contributed by atoms with Crippen LogP contribution in [0.5, 0.6) is 0 Å². The first kappa shape index (κ1) is 41.3. The molecule has 12 nitrogen and oxygen atoms in total. The monoisotopic (exact) mass is 800 g/mol. The summed E-state index contributed by atoms with van der Waals surface area (Å²) in [5, 5.41) is 7.11. The van der Waals surface area contributed by atoms with Gasteiger partial charge in [-0.1, -0.05) is 109 Å². The van der Waals surface area contributed by atoms with E-state index >= 15 is 0 Å². The average molecular weight is 801 g/mol. The molecule has 0 bridgehead atoms. The molecule has 0 aliphatic carbocycles. The molecule has 4 atom stereocenters. The Labute approximate surface area is 342 Å². The number of rotatable bonds is 18. The molecule has 4 unspecified atom stereocenters. The highest BCUT2D eigenvalue weighted by Crippen LogP contribution is 2.48. The van der Waals surface area contributed by atoms with Gasteiger partial charge >= 0.3 is 0 Å². The van der Waals surface area contributed by atoms with Gasteiger partial charge in [-0.3, -0.25) is 14.7 Å². The number of hydrogen-bond acceptors (Lipinski definition) is 10. The lowest BCUT2D eigenvalue weighted by Gasteiger charge is -2.40. The molecule has 7 rings (SSSR count). The van der Waals surface area contributed by atoms with E-state index in [9.17, 15) is 4.79 Å². The minimum atomic E-state index is -1.44. The Morgan fingerprint density at radius 3 is 1.97 bits per heavy atom. The number of imidazole rings is 1. The largest absolute Gasteiger partial charge is 0.351 e. The van der Waals surface area contributed by atoms with E-state index in [1.807, 2.05) is 41.0 Å². The second kappa shape index (κ2) is 19.2. The predicted octanol–water partition coefficient (Wildman–Crippen LogP) is 8.04. The molecule has 2 aromatic heterocycles. The number of ether oxygens (including phenoxy) is 1. The van der Waals surface area contributed by atoms with E-state index < -0.39 is 26.4 Å². The van der Waals surface area contributed by atoms with Crippen molar-refractivity contribution < 1.29 is 18.6 Å². The first-order valence-electron chi connectivity index (χ1n) is 20.0. The zero-order chi connectivity index (χ0) is 40.5. The topological polar surface area (TPSA) is 142 Å². The first-order chi connectivity index (χ1) is 28.3. The number of hydrogen-bond donors (Lipinski definition) is 3. The molecule has 1 fully saturated rings. The van der Waals surface area contributed by atoms with Gasteiger partial charge in [-0.25, -0.2) is 19.6 Å². The Balaban J connectivity index is 1.28.